The molecule has 0 aliphatic heterocycles. The number of carbonyl (C=O) groups excluding carboxylic acids is 1. The Hall–Kier alpha value is -3.26. The molecule has 0 fully saturated rings. The van der Waals surface area contributed by atoms with Gasteiger partial charge < -0.3 is 4.42 Å². The van der Waals surface area contributed by atoms with Crippen LogP contribution in [-0.2, 0) is 4.79 Å². The SMILES string of the molecule is O=C(C=Cc1ccc(-c2cccc([N+](=O)[O-])c2)o1)Nc1nccs1. The van der Waals surface area contributed by atoms with E-state index in [1.807, 2.05) is 0 Å². The maximum Gasteiger partial charge on any atom is 0.270 e. The Morgan fingerprint density at radius 2 is 2.21 bits per heavy atom. The monoisotopic (exact) mass is 341 g/mol. The fraction of sp³-hybridized carbons (Fsp3) is 0. The molecule has 7 nitrogen and oxygen atoms in total. The Morgan fingerprint density at radius 1 is 1.33 bits per heavy atom. The van der Waals surface area contributed by atoms with Crippen LogP contribution < -0.4 is 5.32 Å². The van der Waals surface area contributed by atoms with Crippen molar-refractivity contribution in [3.63, 3.8) is 0 Å². The van der Waals surface area contributed by atoms with E-state index in [1.54, 1.807) is 35.8 Å². The van der Waals surface area contributed by atoms with Crippen molar-refractivity contribution in [2.24, 2.45) is 0 Å². The number of thiazole rings is 1. The van der Waals surface area contributed by atoms with Crippen LogP contribution in [0, 0.1) is 10.1 Å². The van der Waals surface area contributed by atoms with E-state index in [9.17, 15) is 14.9 Å². The third-order valence-corrected chi connectivity index (χ3v) is 3.72. The van der Waals surface area contributed by atoms with Crippen LogP contribution in [0.1, 0.15) is 5.76 Å². The van der Waals surface area contributed by atoms with Crippen molar-refractivity contribution in [1.82, 2.24) is 4.98 Å². The quantitative estimate of drug-likeness (QED) is 0.430. The Labute approximate surface area is 140 Å². The van der Waals surface area contributed by atoms with Crippen molar-refractivity contribution in [2.45, 2.75) is 0 Å². The van der Waals surface area contributed by atoms with Crippen molar-refractivity contribution in [3.8, 4) is 11.3 Å². The van der Waals surface area contributed by atoms with E-state index in [2.05, 4.69) is 10.3 Å². The highest BCUT2D eigenvalue weighted by Gasteiger charge is 2.09. The van der Waals surface area contributed by atoms with Gasteiger partial charge in [-0.2, -0.15) is 0 Å². The van der Waals surface area contributed by atoms with E-state index in [-0.39, 0.29) is 11.6 Å². The summed E-state index contributed by atoms with van der Waals surface area (Å²) in [6.07, 6.45) is 4.45. The highest BCUT2D eigenvalue weighted by molar-refractivity contribution is 7.13. The number of amides is 1. The van der Waals surface area contributed by atoms with Gasteiger partial charge in [-0.1, -0.05) is 12.1 Å². The second kappa shape index (κ2) is 6.88. The Balaban J connectivity index is 1.71. The Kier molecular flexibility index (Phi) is 4.48. The zero-order valence-corrected chi connectivity index (χ0v) is 13.0. The van der Waals surface area contributed by atoms with Crippen molar-refractivity contribution in [2.75, 3.05) is 5.32 Å². The van der Waals surface area contributed by atoms with Gasteiger partial charge in [0.2, 0.25) is 5.91 Å². The minimum atomic E-state index is -0.462. The summed E-state index contributed by atoms with van der Waals surface area (Å²) in [5.74, 6) is 0.628. The summed E-state index contributed by atoms with van der Waals surface area (Å²) in [7, 11) is 0. The molecular formula is C16H11N3O4S. The first-order valence-corrected chi connectivity index (χ1v) is 7.73. The number of carbonyl (C=O) groups is 1. The van der Waals surface area contributed by atoms with Gasteiger partial charge in [0.1, 0.15) is 11.5 Å². The Bertz CT molecular complexity index is 900. The second-order valence-electron chi connectivity index (χ2n) is 4.67. The highest BCUT2D eigenvalue weighted by Crippen LogP contribution is 2.26. The molecule has 120 valence electrons. The van der Waals surface area contributed by atoms with E-state index < -0.39 is 4.92 Å². The number of aromatic nitrogens is 1. The summed E-state index contributed by atoms with van der Waals surface area (Å²) in [6, 6.07) is 9.53. The topological polar surface area (TPSA) is 98.3 Å². The molecule has 3 rings (SSSR count). The van der Waals surface area contributed by atoms with Crippen LogP contribution in [0.25, 0.3) is 17.4 Å². The Morgan fingerprint density at radius 3 is 2.96 bits per heavy atom. The zero-order chi connectivity index (χ0) is 16.9. The van der Waals surface area contributed by atoms with Crippen molar-refractivity contribution in [1.29, 1.82) is 0 Å². The van der Waals surface area contributed by atoms with Crippen molar-refractivity contribution in [3.05, 3.63) is 69.9 Å². The molecule has 2 aromatic heterocycles. The highest BCUT2D eigenvalue weighted by atomic mass is 32.1. The van der Waals surface area contributed by atoms with E-state index in [0.29, 0.717) is 22.2 Å². The molecule has 1 N–H and O–H groups in total. The molecule has 1 amide bonds. The molecule has 0 radical (unpaired) electrons. The van der Waals surface area contributed by atoms with E-state index in [0.717, 1.165) is 0 Å². The number of benzene rings is 1. The summed E-state index contributed by atoms with van der Waals surface area (Å²) in [4.78, 5) is 26.0. The number of hydrogen-bond donors (Lipinski definition) is 1. The van der Waals surface area contributed by atoms with E-state index >= 15 is 0 Å². The van der Waals surface area contributed by atoms with Gasteiger partial charge in [-0.25, -0.2) is 4.98 Å². The van der Waals surface area contributed by atoms with Crippen LogP contribution in [0.2, 0.25) is 0 Å². The maximum atomic E-state index is 11.7. The van der Waals surface area contributed by atoms with Gasteiger partial charge in [-0.3, -0.25) is 20.2 Å². The molecule has 0 spiro atoms. The van der Waals surface area contributed by atoms with Crippen LogP contribution in [0.15, 0.2) is 58.5 Å². The first kappa shape index (κ1) is 15.6. The summed E-state index contributed by atoms with van der Waals surface area (Å²) >= 11 is 1.32. The third-order valence-electron chi connectivity index (χ3n) is 3.03. The number of nitrogens with one attached hydrogen (secondary N) is 1. The molecule has 3 aromatic rings. The largest absolute Gasteiger partial charge is 0.457 e. The number of nitro groups is 1. The number of anilines is 1. The summed E-state index contributed by atoms with van der Waals surface area (Å²) in [5.41, 5.74) is 0.583. The van der Waals surface area contributed by atoms with Crippen molar-refractivity contribution >= 4 is 34.1 Å². The standard InChI is InChI=1S/C16H11N3O4S/c20-15(18-16-17-8-9-24-16)7-5-13-4-6-14(23-13)11-2-1-3-12(10-11)19(21)22/h1-10H,(H,17,18,20). The lowest BCUT2D eigenvalue weighted by Crippen LogP contribution is -2.06. The molecule has 0 saturated carbocycles. The summed E-state index contributed by atoms with van der Waals surface area (Å²) < 4.78 is 5.59. The summed E-state index contributed by atoms with van der Waals surface area (Å²) in [5, 5.41) is 15.7. The smallest absolute Gasteiger partial charge is 0.270 e. The summed E-state index contributed by atoms with van der Waals surface area (Å²) in [6.45, 7) is 0. The second-order valence-corrected chi connectivity index (χ2v) is 5.56. The number of nitrogens with zero attached hydrogens (tertiary/aromatic N) is 2. The normalized spacial score (nSPS) is 10.8. The molecular weight excluding hydrogens is 330 g/mol. The minimum Gasteiger partial charge on any atom is -0.457 e. The van der Waals surface area contributed by atoms with Crippen LogP contribution in [0.3, 0.4) is 0 Å². The van der Waals surface area contributed by atoms with Crippen LogP contribution in [0.4, 0.5) is 10.8 Å². The third kappa shape index (κ3) is 3.73. The van der Waals surface area contributed by atoms with E-state index in [4.69, 9.17) is 4.42 Å². The first-order valence-electron chi connectivity index (χ1n) is 6.85. The average Bonchev–Trinajstić information content (AvgIpc) is 3.24. The number of furan rings is 1. The van der Waals surface area contributed by atoms with Gasteiger partial charge in [-0.15, -0.1) is 11.3 Å². The molecule has 0 aliphatic rings. The average molecular weight is 341 g/mol. The van der Waals surface area contributed by atoms with Gasteiger partial charge in [0.15, 0.2) is 5.13 Å². The van der Waals surface area contributed by atoms with E-state index in [1.165, 1.54) is 35.6 Å². The molecule has 2 heterocycles. The molecule has 0 saturated heterocycles. The van der Waals surface area contributed by atoms with Gasteiger partial charge in [-0.05, 0) is 18.2 Å². The van der Waals surface area contributed by atoms with Crippen LogP contribution in [0.5, 0.6) is 0 Å². The molecule has 1 aromatic carbocycles. The zero-order valence-electron chi connectivity index (χ0n) is 12.2. The number of rotatable bonds is 5. The van der Waals surface area contributed by atoms with Crippen LogP contribution >= 0.6 is 11.3 Å². The van der Waals surface area contributed by atoms with Gasteiger partial charge >= 0.3 is 0 Å². The van der Waals surface area contributed by atoms with Gasteiger partial charge in [0.05, 0.1) is 4.92 Å². The van der Waals surface area contributed by atoms with Gasteiger partial charge in [0, 0.05) is 35.3 Å². The van der Waals surface area contributed by atoms with Crippen molar-refractivity contribution < 1.29 is 14.1 Å². The van der Waals surface area contributed by atoms with Gasteiger partial charge in [0.25, 0.3) is 5.69 Å². The fourth-order valence-electron chi connectivity index (χ4n) is 1.96. The molecule has 24 heavy (non-hydrogen) atoms. The molecule has 0 bridgehead atoms. The lowest BCUT2D eigenvalue weighted by molar-refractivity contribution is -0.384. The molecule has 0 unspecified atom stereocenters. The molecule has 8 heteroatoms. The van der Waals surface area contributed by atoms with Crippen LogP contribution in [-0.4, -0.2) is 15.8 Å². The lowest BCUT2D eigenvalue weighted by atomic mass is 10.1. The minimum absolute atomic E-state index is 0.0104. The first-order chi connectivity index (χ1) is 11.6. The lowest BCUT2D eigenvalue weighted by Gasteiger charge is -1.97. The predicted molar refractivity (Wildman–Crippen MR) is 90.6 cm³/mol. The maximum absolute atomic E-state index is 11.7. The predicted octanol–water partition coefficient (Wildman–Crippen LogP) is 3.96. The molecule has 0 atom stereocenters. The fourth-order valence-corrected chi connectivity index (χ4v) is 2.49. The number of non-ortho nitro benzene ring substituents is 1. The molecule has 0 aliphatic carbocycles. The number of nitro benzene ring substituents is 1. The number of hydrogen-bond acceptors (Lipinski definition) is 6.